The maximum atomic E-state index is 14.1. The lowest BCUT2D eigenvalue weighted by molar-refractivity contribution is -0.136. The van der Waals surface area contributed by atoms with E-state index in [1.54, 1.807) is 23.1 Å². The summed E-state index contributed by atoms with van der Waals surface area (Å²) in [6, 6.07) is 10.4. The normalized spacial score (nSPS) is 20.6. The molecule has 2 aromatic rings. The van der Waals surface area contributed by atoms with Crippen molar-refractivity contribution in [2.75, 3.05) is 37.6 Å². The molecule has 0 saturated carbocycles. The van der Waals surface area contributed by atoms with E-state index < -0.39 is 21.9 Å². The molecule has 31 heavy (non-hydrogen) atoms. The molecule has 2 fully saturated rings. The first-order valence-corrected chi connectivity index (χ1v) is 11.9. The number of rotatable bonds is 4. The van der Waals surface area contributed by atoms with Crippen molar-refractivity contribution < 1.29 is 22.0 Å². The van der Waals surface area contributed by atoms with E-state index in [0.29, 0.717) is 44.7 Å². The van der Waals surface area contributed by atoms with Crippen LogP contribution in [0.4, 0.5) is 14.5 Å². The number of halogens is 2. The van der Waals surface area contributed by atoms with Crippen molar-refractivity contribution in [3.05, 3.63) is 60.2 Å². The zero-order valence-corrected chi connectivity index (χ0v) is 17.9. The van der Waals surface area contributed by atoms with Gasteiger partial charge in [-0.25, -0.2) is 17.2 Å². The van der Waals surface area contributed by atoms with E-state index in [9.17, 15) is 22.0 Å². The minimum absolute atomic E-state index is 0.0158. The summed E-state index contributed by atoms with van der Waals surface area (Å²) in [5.41, 5.74) is 0.507. The molecule has 1 amide bonds. The minimum Gasteiger partial charge on any atom is -0.366 e. The van der Waals surface area contributed by atoms with Crippen molar-refractivity contribution >= 4 is 21.6 Å². The maximum Gasteiger partial charge on any atom is 0.243 e. The monoisotopic (exact) mass is 449 g/mol. The van der Waals surface area contributed by atoms with Gasteiger partial charge < -0.3 is 9.80 Å². The predicted octanol–water partition coefficient (Wildman–Crippen LogP) is 2.86. The number of sulfonamides is 1. The first kappa shape index (κ1) is 21.7. The molecule has 0 unspecified atom stereocenters. The van der Waals surface area contributed by atoms with E-state index in [4.69, 9.17) is 0 Å². The molecule has 1 atom stereocenters. The third-order valence-electron chi connectivity index (χ3n) is 5.94. The van der Waals surface area contributed by atoms with E-state index in [0.717, 1.165) is 18.6 Å². The van der Waals surface area contributed by atoms with Crippen molar-refractivity contribution in [3.63, 3.8) is 0 Å². The summed E-state index contributed by atoms with van der Waals surface area (Å²) in [6.45, 7) is 2.00. The fourth-order valence-corrected chi connectivity index (χ4v) is 5.92. The molecule has 0 aromatic heterocycles. The Balaban J connectivity index is 1.48. The van der Waals surface area contributed by atoms with Gasteiger partial charge in [0.1, 0.15) is 17.7 Å². The van der Waals surface area contributed by atoms with Crippen molar-refractivity contribution in [2.45, 2.75) is 30.2 Å². The molecule has 2 heterocycles. The molecule has 6 nitrogen and oxygen atoms in total. The summed E-state index contributed by atoms with van der Waals surface area (Å²) in [4.78, 5) is 16.8. The average Bonchev–Trinajstić information content (AvgIpc) is 2.79. The van der Waals surface area contributed by atoms with Gasteiger partial charge in [0, 0.05) is 32.7 Å². The molecule has 4 rings (SSSR count). The van der Waals surface area contributed by atoms with Crippen LogP contribution in [-0.2, 0) is 14.8 Å². The molecule has 2 aromatic carbocycles. The van der Waals surface area contributed by atoms with Crippen LogP contribution in [0.25, 0.3) is 0 Å². The largest absolute Gasteiger partial charge is 0.366 e. The molecule has 2 aliphatic heterocycles. The molecule has 9 heteroatoms. The number of nitrogens with zero attached hydrogens (tertiary/aromatic N) is 3. The summed E-state index contributed by atoms with van der Waals surface area (Å²) >= 11 is 0. The van der Waals surface area contributed by atoms with Crippen LogP contribution in [0.15, 0.2) is 53.4 Å². The quantitative estimate of drug-likeness (QED) is 0.720. The van der Waals surface area contributed by atoms with Gasteiger partial charge in [0.05, 0.1) is 10.6 Å². The Morgan fingerprint density at radius 3 is 2.23 bits per heavy atom. The zero-order valence-electron chi connectivity index (χ0n) is 17.1. The van der Waals surface area contributed by atoms with Crippen molar-refractivity contribution in [2.24, 2.45) is 0 Å². The molecule has 2 aliphatic rings. The van der Waals surface area contributed by atoms with E-state index >= 15 is 0 Å². The van der Waals surface area contributed by atoms with Crippen LogP contribution >= 0.6 is 0 Å². The van der Waals surface area contributed by atoms with Crippen molar-refractivity contribution in [1.29, 1.82) is 0 Å². The first-order valence-electron chi connectivity index (χ1n) is 10.4. The second-order valence-electron chi connectivity index (χ2n) is 7.85. The van der Waals surface area contributed by atoms with E-state index in [-0.39, 0.29) is 23.2 Å². The minimum atomic E-state index is -3.91. The van der Waals surface area contributed by atoms with Crippen LogP contribution in [0.5, 0.6) is 0 Å². The highest BCUT2D eigenvalue weighted by Crippen LogP contribution is 2.28. The fraction of sp³-hybridized carbons (Fsp3) is 0.409. The van der Waals surface area contributed by atoms with Crippen molar-refractivity contribution in [3.8, 4) is 0 Å². The summed E-state index contributed by atoms with van der Waals surface area (Å²) in [6.07, 6.45) is 1.89. The van der Waals surface area contributed by atoms with Crippen LogP contribution in [-0.4, -0.2) is 62.3 Å². The van der Waals surface area contributed by atoms with Gasteiger partial charge in [-0.05, 0) is 49.2 Å². The van der Waals surface area contributed by atoms with E-state index in [1.165, 1.54) is 22.5 Å². The van der Waals surface area contributed by atoms with Crippen LogP contribution < -0.4 is 4.90 Å². The highest BCUT2D eigenvalue weighted by Gasteiger charge is 2.40. The van der Waals surface area contributed by atoms with Crippen LogP contribution in [0.2, 0.25) is 0 Å². The van der Waals surface area contributed by atoms with Gasteiger partial charge >= 0.3 is 0 Å². The number of para-hydroxylation sites is 1. The molecular weight excluding hydrogens is 424 g/mol. The number of amides is 1. The Hall–Kier alpha value is -2.52. The van der Waals surface area contributed by atoms with E-state index in [2.05, 4.69) is 0 Å². The van der Waals surface area contributed by atoms with Gasteiger partial charge in [-0.15, -0.1) is 0 Å². The smallest absolute Gasteiger partial charge is 0.243 e. The van der Waals surface area contributed by atoms with Gasteiger partial charge in [0.15, 0.2) is 0 Å². The highest BCUT2D eigenvalue weighted by atomic mass is 32.2. The third-order valence-corrected chi connectivity index (χ3v) is 7.87. The second-order valence-corrected chi connectivity index (χ2v) is 9.74. The Kier molecular flexibility index (Phi) is 6.24. The average molecular weight is 450 g/mol. The Morgan fingerprint density at radius 1 is 0.871 bits per heavy atom. The van der Waals surface area contributed by atoms with E-state index in [1.807, 2.05) is 4.90 Å². The lowest BCUT2D eigenvalue weighted by Gasteiger charge is -2.40. The standard InChI is InChI=1S/C22H25F2N3O3S/c23-17-8-10-18(11-9-17)31(29,30)27-12-4-3-7-21(27)22(28)26-15-13-25(14-16-26)20-6-2-1-5-19(20)24/h1-2,5-6,8-11,21H,3-4,7,12-16H2/t21-/m0/s1. The SMILES string of the molecule is O=C([C@@H]1CCCCN1S(=O)(=O)c1ccc(F)cc1)N1CCN(c2ccccc2F)CC1. The Morgan fingerprint density at radius 2 is 1.55 bits per heavy atom. The number of hydrogen-bond acceptors (Lipinski definition) is 4. The van der Waals surface area contributed by atoms with Crippen LogP contribution in [0, 0.1) is 11.6 Å². The number of benzene rings is 2. The molecule has 0 radical (unpaired) electrons. The topological polar surface area (TPSA) is 60.9 Å². The molecule has 2 saturated heterocycles. The van der Waals surface area contributed by atoms with Crippen LogP contribution in [0.1, 0.15) is 19.3 Å². The maximum absolute atomic E-state index is 14.1. The fourth-order valence-electron chi connectivity index (χ4n) is 4.27. The predicted molar refractivity (Wildman–Crippen MR) is 113 cm³/mol. The third kappa shape index (κ3) is 4.43. The number of piperazine rings is 1. The molecule has 166 valence electrons. The van der Waals surface area contributed by atoms with Crippen molar-refractivity contribution in [1.82, 2.24) is 9.21 Å². The summed E-state index contributed by atoms with van der Waals surface area (Å²) in [7, 11) is -3.91. The Labute approximate surface area is 181 Å². The molecular formula is C22H25F2N3O3S. The molecule has 0 aliphatic carbocycles. The molecule has 0 spiro atoms. The van der Waals surface area contributed by atoms with Gasteiger partial charge in [0.2, 0.25) is 15.9 Å². The lowest BCUT2D eigenvalue weighted by Crippen LogP contribution is -2.57. The second kappa shape index (κ2) is 8.92. The van der Waals surface area contributed by atoms with Gasteiger partial charge in [-0.2, -0.15) is 4.31 Å². The zero-order chi connectivity index (χ0) is 22.0. The lowest BCUT2D eigenvalue weighted by atomic mass is 10.0. The summed E-state index contributed by atoms with van der Waals surface area (Å²) in [5.74, 6) is -1.04. The molecule has 0 N–H and O–H groups in total. The van der Waals surface area contributed by atoms with Crippen LogP contribution in [0.3, 0.4) is 0 Å². The number of piperidine rings is 1. The Bertz CT molecular complexity index is 1040. The highest BCUT2D eigenvalue weighted by molar-refractivity contribution is 7.89. The number of carbonyl (C=O) groups is 1. The number of anilines is 1. The number of hydrogen-bond donors (Lipinski definition) is 0. The first-order chi connectivity index (χ1) is 14.9. The summed E-state index contributed by atoms with van der Waals surface area (Å²) < 4.78 is 54.9. The molecule has 0 bridgehead atoms. The number of carbonyl (C=O) groups excluding carboxylic acids is 1. The van der Waals surface area contributed by atoms with Gasteiger partial charge in [-0.3, -0.25) is 4.79 Å². The summed E-state index contributed by atoms with van der Waals surface area (Å²) in [5, 5.41) is 0. The van der Waals surface area contributed by atoms with Gasteiger partial charge in [-0.1, -0.05) is 18.6 Å². The van der Waals surface area contributed by atoms with Gasteiger partial charge in [0.25, 0.3) is 0 Å².